The van der Waals surface area contributed by atoms with Gasteiger partial charge in [-0.1, -0.05) is 22.0 Å². The molecule has 1 aromatic heterocycles. The van der Waals surface area contributed by atoms with E-state index in [0.29, 0.717) is 17.9 Å². The fourth-order valence-corrected chi connectivity index (χ4v) is 4.06. The van der Waals surface area contributed by atoms with Crippen molar-refractivity contribution in [2.24, 2.45) is 0 Å². The van der Waals surface area contributed by atoms with Crippen LogP contribution >= 0.6 is 15.9 Å². The molecule has 2 aliphatic rings. The number of aromatic nitrogens is 1. The zero-order chi connectivity index (χ0) is 18.0. The molecule has 1 atom stereocenters. The minimum Gasteiger partial charge on any atom is -0.444 e. The molecule has 0 bridgehead atoms. The highest BCUT2D eigenvalue weighted by Gasteiger charge is 2.25. The van der Waals surface area contributed by atoms with E-state index >= 15 is 0 Å². The van der Waals surface area contributed by atoms with Gasteiger partial charge in [0.25, 0.3) is 0 Å². The van der Waals surface area contributed by atoms with Gasteiger partial charge < -0.3 is 14.5 Å². The molecule has 0 radical (unpaired) electrons. The number of carbonyl (C=O) groups excluding carboxylic acids is 1. The highest BCUT2D eigenvalue weighted by Crippen LogP contribution is 2.25. The molecule has 1 saturated heterocycles. The number of rotatable bonds is 1. The number of amides is 1. The van der Waals surface area contributed by atoms with Gasteiger partial charge in [0.05, 0.1) is 0 Å². The molecule has 0 saturated carbocycles. The molecule has 3 rings (SSSR count). The number of carbonyl (C=O) groups is 1. The van der Waals surface area contributed by atoms with Crippen LogP contribution in [0.5, 0.6) is 0 Å². The number of pyridine rings is 1. The Kier molecular flexibility index (Phi) is 5.56. The standard InChI is InChI=1S/C19H28BrN3O2/c1-19(2,3)25-18(24)22-11-8-14-6-7-17(21-16(14)9-12-22)23-10-4-5-15(20)13-23/h6-7,15H,4-5,8-13H2,1-3H3. The van der Waals surface area contributed by atoms with Gasteiger partial charge in [0, 0.05) is 43.1 Å². The fraction of sp³-hybridized carbons (Fsp3) is 0.684. The first kappa shape index (κ1) is 18.5. The normalized spacial score (nSPS) is 21.5. The summed E-state index contributed by atoms with van der Waals surface area (Å²) in [5.41, 5.74) is 1.92. The lowest BCUT2D eigenvalue weighted by Gasteiger charge is -2.31. The molecule has 5 nitrogen and oxygen atoms in total. The summed E-state index contributed by atoms with van der Waals surface area (Å²) in [6.07, 6.45) is 3.82. The Hall–Kier alpha value is -1.30. The number of alkyl halides is 1. The number of halogens is 1. The van der Waals surface area contributed by atoms with Gasteiger partial charge in [-0.15, -0.1) is 0 Å². The van der Waals surface area contributed by atoms with Crippen molar-refractivity contribution in [2.75, 3.05) is 31.1 Å². The molecule has 6 heteroatoms. The number of ether oxygens (including phenoxy) is 1. The molecule has 1 unspecified atom stereocenters. The first-order valence-electron chi connectivity index (χ1n) is 9.17. The topological polar surface area (TPSA) is 45.7 Å². The number of hydrogen-bond acceptors (Lipinski definition) is 4. The molecule has 0 spiro atoms. The smallest absolute Gasteiger partial charge is 0.410 e. The number of fused-ring (bicyclic) bond motifs is 1. The summed E-state index contributed by atoms with van der Waals surface area (Å²) in [5.74, 6) is 1.06. The summed E-state index contributed by atoms with van der Waals surface area (Å²) in [6.45, 7) is 9.15. The minimum atomic E-state index is -0.456. The first-order chi connectivity index (χ1) is 11.8. The summed E-state index contributed by atoms with van der Waals surface area (Å²) in [6, 6.07) is 4.32. The first-order valence-corrected chi connectivity index (χ1v) is 10.1. The summed E-state index contributed by atoms with van der Waals surface area (Å²) in [4.78, 5) is 22.0. The van der Waals surface area contributed by atoms with Gasteiger partial charge in [-0.05, 0) is 51.7 Å². The van der Waals surface area contributed by atoms with E-state index in [1.807, 2.05) is 25.7 Å². The zero-order valence-electron chi connectivity index (χ0n) is 15.4. The predicted octanol–water partition coefficient (Wildman–Crippen LogP) is 3.78. The van der Waals surface area contributed by atoms with Gasteiger partial charge in [0.1, 0.15) is 11.4 Å². The molecule has 0 aliphatic carbocycles. The van der Waals surface area contributed by atoms with Crippen LogP contribution in [0.4, 0.5) is 10.6 Å². The summed E-state index contributed by atoms with van der Waals surface area (Å²) >= 11 is 3.73. The Bertz CT molecular complexity index is 630. The monoisotopic (exact) mass is 409 g/mol. The Morgan fingerprint density at radius 2 is 2.00 bits per heavy atom. The molecule has 2 aliphatic heterocycles. The van der Waals surface area contributed by atoms with Crippen molar-refractivity contribution in [1.29, 1.82) is 0 Å². The van der Waals surface area contributed by atoms with E-state index < -0.39 is 5.60 Å². The Balaban J connectivity index is 1.68. The molecule has 0 aromatic carbocycles. The molecular formula is C19H28BrN3O2. The Morgan fingerprint density at radius 1 is 1.24 bits per heavy atom. The highest BCUT2D eigenvalue weighted by molar-refractivity contribution is 9.09. The number of anilines is 1. The van der Waals surface area contributed by atoms with E-state index in [9.17, 15) is 4.79 Å². The summed E-state index contributed by atoms with van der Waals surface area (Å²) in [7, 11) is 0. The van der Waals surface area contributed by atoms with Crippen LogP contribution in [0.1, 0.15) is 44.9 Å². The molecular weight excluding hydrogens is 382 g/mol. The second-order valence-electron chi connectivity index (χ2n) is 7.93. The molecule has 1 fully saturated rings. The quantitative estimate of drug-likeness (QED) is 0.661. The van der Waals surface area contributed by atoms with Gasteiger partial charge in [-0.2, -0.15) is 0 Å². The molecule has 0 N–H and O–H groups in total. The van der Waals surface area contributed by atoms with Crippen molar-refractivity contribution < 1.29 is 9.53 Å². The van der Waals surface area contributed by atoms with Crippen LogP contribution in [0.3, 0.4) is 0 Å². The third-order valence-corrected chi connectivity index (χ3v) is 5.41. The van der Waals surface area contributed by atoms with Crippen molar-refractivity contribution in [3.8, 4) is 0 Å². The van der Waals surface area contributed by atoms with Crippen LogP contribution in [0.2, 0.25) is 0 Å². The average molecular weight is 410 g/mol. The van der Waals surface area contributed by atoms with Crippen LogP contribution in [-0.2, 0) is 17.6 Å². The third kappa shape index (κ3) is 4.87. The van der Waals surface area contributed by atoms with Crippen molar-refractivity contribution in [3.05, 3.63) is 23.4 Å². The third-order valence-electron chi connectivity index (χ3n) is 4.66. The molecule has 3 heterocycles. The van der Waals surface area contributed by atoms with Crippen molar-refractivity contribution in [1.82, 2.24) is 9.88 Å². The largest absolute Gasteiger partial charge is 0.444 e. The van der Waals surface area contributed by atoms with Gasteiger partial charge in [-0.25, -0.2) is 9.78 Å². The van der Waals surface area contributed by atoms with Gasteiger partial charge in [0.2, 0.25) is 0 Å². The van der Waals surface area contributed by atoms with E-state index in [0.717, 1.165) is 37.4 Å². The second-order valence-corrected chi connectivity index (χ2v) is 9.22. The Morgan fingerprint density at radius 3 is 2.72 bits per heavy atom. The lowest BCUT2D eigenvalue weighted by molar-refractivity contribution is 0.0258. The lowest BCUT2D eigenvalue weighted by atomic mass is 10.1. The lowest BCUT2D eigenvalue weighted by Crippen LogP contribution is -2.38. The average Bonchev–Trinajstić information content (AvgIpc) is 2.75. The highest BCUT2D eigenvalue weighted by atomic mass is 79.9. The van der Waals surface area contributed by atoms with E-state index in [2.05, 4.69) is 33.0 Å². The van der Waals surface area contributed by atoms with Crippen LogP contribution in [0.15, 0.2) is 12.1 Å². The molecule has 1 aromatic rings. The predicted molar refractivity (Wildman–Crippen MR) is 104 cm³/mol. The molecule has 25 heavy (non-hydrogen) atoms. The Labute approximate surface area is 158 Å². The van der Waals surface area contributed by atoms with Gasteiger partial charge >= 0.3 is 6.09 Å². The van der Waals surface area contributed by atoms with Gasteiger partial charge in [-0.3, -0.25) is 0 Å². The number of hydrogen-bond donors (Lipinski definition) is 0. The molecule has 138 valence electrons. The number of nitrogens with zero attached hydrogens (tertiary/aromatic N) is 3. The SMILES string of the molecule is CC(C)(C)OC(=O)N1CCc2ccc(N3CCCC(Br)C3)nc2CC1. The maximum absolute atomic E-state index is 12.3. The van der Waals surface area contributed by atoms with Crippen molar-refractivity contribution >= 4 is 27.8 Å². The van der Waals surface area contributed by atoms with Crippen molar-refractivity contribution in [3.63, 3.8) is 0 Å². The number of piperidine rings is 1. The van der Waals surface area contributed by atoms with Crippen LogP contribution in [0, 0.1) is 0 Å². The van der Waals surface area contributed by atoms with E-state index in [1.54, 1.807) is 0 Å². The molecule has 1 amide bonds. The van der Waals surface area contributed by atoms with E-state index in [-0.39, 0.29) is 6.09 Å². The van der Waals surface area contributed by atoms with E-state index in [1.165, 1.54) is 18.4 Å². The van der Waals surface area contributed by atoms with Crippen molar-refractivity contribution in [2.45, 2.75) is 56.9 Å². The fourth-order valence-electron chi connectivity index (χ4n) is 3.39. The maximum atomic E-state index is 12.3. The summed E-state index contributed by atoms with van der Waals surface area (Å²) < 4.78 is 5.52. The second kappa shape index (κ2) is 7.52. The van der Waals surface area contributed by atoms with Crippen LogP contribution < -0.4 is 4.90 Å². The van der Waals surface area contributed by atoms with E-state index in [4.69, 9.17) is 9.72 Å². The minimum absolute atomic E-state index is 0.223. The summed E-state index contributed by atoms with van der Waals surface area (Å²) in [5, 5.41) is 0. The van der Waals surface area contributed by atoms with Gasteiger partial charge in [0.15, 0.2) is 0 Å². The zero-order valence-corrected chi connectivity index (χ0v) is 17.0. The maximum Gasteiger partial charge on any atom is 0.410 e. The van der Waals surface area contributed by atoms with Crippen LogP contribution in [-0.4, -0.2) is 52.6 Å². The van der Waals surface area contributed by atoms with Crippen LogP contribution in [0.25, 0.3) is 0 Å².